The van der Waals surface area contributed by atoms with Crippen LogP contribution in [0.5, 0.6) is 0 Å². The van der Waals surface area contributed by atoms with E-state index in [1.54, 1.807) is 4.90 Å². The molecule has 1 aliphatic heterocycles. The summed E-state index contributed by atoms with van der Waals surface area (Å²) in [6.07, 6.45) is 0.564. The number of aliphatic carboxylic acids is 1. The van der Waals surface area contributed by atoms with E-state index in [1.807, 2.05) is 18.9 Å². The first kappa shape index (κ1) is 16.7. The van der Waals surface area contributed by atoms with Crippen molar-refractivity contribution in [2.45, 2.75) is 32.7 Å². The summed E-state index contributed by atoms with van der Waals surface area (Å²) in [5.74, 6) is -0.826. The molecule has 7 heteroatoms. The number of carbonyl (C=O) groups is 2. The molecule has 20 heavy (non-hydrogen) atoms. The van der Waals surface area contributed by atoms with Gasteiger partial charge in [-0.2, -0.15) is 0 Å². The molecule has 0 radical (unpaired) electrons. The van der Waals surface area contributed by atoms with Crippen molar-refractivity contribution in [1.29, 1.82) is 0 Å². The molecular weight excluding hydrogens is 260 g/mol. The fourth-order valence-electron chi connectivity index (χ4n) is 2.11. The monoisotopic (exact) mass is 286 g/mol. The Morgan fingerprint density at radius 1 is 1.25 bits per heavy atom. The molecule has 0 unspecified atom stereocenters. The second kappa shape index (κ2) is 8.06. The quantitative estimate of drug-likeness (QED) is 0.741. The number of carboxylic acid groups (broad SMARTS) is 1. The Balaban J connectivity index is 2.41. The van der Waals surface area contributed by atoms with Gasteiger partial charge in [0.15, 0.2) is 0 Å². The number of carbonyl (C=O) groups excluding carboxylic acids is 1. The van der Waals surface area contributed by atoms with Gasteiger partial charge in [0.25, 0.3) is 0 Å². The molecule has 116 valence electrons. The number of piperazine rings is 1. The van der Waals surface area contributed by atoms with Crippen LogP contribution in [-0.2, 0) is 4.79 Å². The molecule has 0 bridgehead atoms. The maximum absolute atomic E-state index is 12.2. The van der Waals surface area contributed by atoms with Gasteiger partial charge < -0.3 is 14.9 Å². The van der Waals surface area contributed by atoms with Gasteiger partial charge in [-0.1, -0.05) is 0 Å². The maximum atomic E-state index is 12.2. The molecule has 0 aliphatic carbocycles. The fourth-order valence-corrected chi connectivity index (χ4v) is 2.11. The number of amides is 2. The zero-order valence-electron chi connectivity index (χ0n) is 12.6. The first-order valence-electron chi connectivity index (χ1n) is 7.12. The Bertz CT molecular complexity index is 328. The summed E-state index contributed by atoms with van der Waals surface area (Å²) in [5.41, 5.74) is 2.91. The van der Waals surface area contributed by atoms with Crippen LogP contribution in [0.3, 0.4) is 0 Å². The van der Waals surface area contributed by atoms with Crippen LogP contribution in [0.4, 0.5) is 4.79 Å². The topological polar surface area (TPSA) is 76.1 Å². The number of nitrogens with one attached hydrogen (secondary N) is 1. The Morgan fingerprint density at radius 2 is 1.85 bits per heavy atom. The summed E-state index contributed by atoms with van der Waals surface area (Å²) in [4.78, 5) is 26.7. The van der Waals surface area contributed by atoms with E-state index in [9.17, 15) is 9.59 Å². The van der Waals surface area contributed by atoms with Gasteiger partial charge >= 0.3 is 12.0 Å². The molecular formula is C13H26N4O3. The molecule has 2 amide bonds. The van der Waals surface area contributed by atoms with Gasteiger partial charge in [-0.15, -0.1) is 0 Å². The second-order valence-electron chi connectivity index (χ2n) is 5.49. The standard InChI is InChI=1S/C13H26N4O3/c1-11(2)17(6-4-5-12(18)19)13(20)14-16-9-7-15(3)8-10-16/h11H,4-10H2,1-3H3,(H,14,20)(H,18,19). The Hall–Kier alpha value is -1.34. The minimum Gasteiger partial charge on any atom is -0.481 e. The number of rotatable bonds is 6. The van der Waals surface area contributed by atoms with E-state index in [1.165, 1.54) is 0 Å². The van der Waals surface area contributed by atoms with Crippen molar-refractivity contribution in [1.82, 2.24) is 20.2 Å². The number of likely N-dealkylation sites (N-methyl/N-ethyl adjacent to an activating group) is 1. The van der Waals surface area contributed by atoms with E-state index in [0.29, 0.717) is 13.0 Å². The Kier molecular flexibility index (Phi) is 6.74. The highest BCUT2D eigenvalue weighted by Crippen LogP contribution is 2.04. The maximum Gasteiger partial charge on any atom is 0.332 e. The summed E-state index contributed by atoms with van der Waals surface area (Å²) in [6, 6.07) is -0.0915. The molecule has 0 aromatic rings. The molecule has 7 nitrogen and oxygen atoms in total. The molecule has 0 aromatic carbocycles. The van der Waals surface area contributed by atoms with Gasteiger partial charge in [-0.25, -0.2) is 9.80 Å². The van der Waals surface area contributed by atoms with E-state index in [4.69, 9.17) is 5.11 Å². The lowest BCUT2D eigenvalue weighted by Gasteiger charge is -2.35. The largest absolute Gasteiger partial charge is 0.481 e. The predicted octanol–water partition coefficient (Wildman–Crippen LogP) is 0.434. The molecule has 2 N–H and O–H groups in total. The van der Waals surface area contributed by atoms with E-state index in [2.05, 4.69) is 17.4 Å². The molecule has 0 spiro atoms. The molecule has 0 saturated carbocycles. The normalized spacial score (nSPS) is 17.2. The van der Waals surface area contributed by atoms with Crippen molar-refractivity contribution in [3.8, 4) is 0 Å². The lowest BCUT2D eigenvalue weighted by Crippen LogP contribution is -2.56. The lowest BCUT2D eigenvalue weighted by molar-refractivity contribution is -0.137. The average molecular weight is 286 g/mol. The van der Waals surface area contributed by atoms with Crippen LogP contribution in [0, 0.1) is 0 Å². The SMILES string of the molecule is CC(C)N(CCCC(=O)O)C(=O)NN1CCN(C)CC1. The number of hydrogen-bond acceptors (Lipinski definition) is 4. The van der Waals surface area contributed by atoms with E-state index < -0.39 is 5.97 Å². The van der Waals surface area contributed by atoms with Crippen molar-refractivity contribution < 1.29 is 14.7 Å². The van der Waals surface area contributed by atoms with Crippen molar-refractivity contribution in [3.05, 3.63) is 0 Å². The molecule has 1 aliphatic rings. The van der Waals surface area contributed by atoms with E-state index >= 15 is 0 Å². The number of urea groups is 1. The molecule has 1 fully saturated rings. The Labute approximate surface area is 120 Å². The third-order valence-electron chi connectivity index (χ3n) is 3.43. The molecule has 1 rings (SSSR count). The zero-order chi connectivity index (χ0) is 15.1. The van der Waals surface area contributed by atoms with Gasteiger partial charge in [0.2, 0.25) is 0 Å². The van der Waals surface area contributed by atoms with Crippen LogP contribution in [0.2, 0.25) is 0 Å². The minimum absolute atomic E-state index is 0.0521. The van der Waals surface area contributed by atoms with Crippen molar-refractivity contribution in [3.63, 3.8) is 0 Å². The van der Waals surface area contributed by atoms with Crippen LogP contribution in [0.1, 0.15) is 26.7 Å². The van der Waals surface area contributed by atoms with Crippen LogP contribution in [-0.4, -0.2) is 77.7 Å². The molecule has 1 heterocycles. The van der Waals surface area contributed by atoms with Gasteiger partial charge in [0.05, 0.1) is 0 Å². The van der Waals surface area contributed by atoms with Gasteiger partial charge in [0.1, 0.15) is 0 Å². The highest BCUT2D eigenvalue weighted by molar-refractivity contribution is 5.74. The average Bonchev–Trinajstić information content (AvgIpc) is 2.36. The van der Waals surface area contributed by atoms with Crippen LogP contribution in [0.15, 0.2) is 0 Å². The predicted molar refractivity (Wildman–Crippen MR) is 76.3 cm³/mol. The smallest absolute Gasteiger partial charge is 0.332 e. The first-order chi connectivity index (χ1) is 9.40. The fraction of sp³-hybridized carbons (Fsp3) is 0.846. The Morgan fingerprint density at radius 3 is 2.35 bits per heavy atom. The van der Waals surface area contributed by atoms with Crippen LogP contribution < -0.4 is 5.43 Å². The molecule has 0 aromatic heterocycles. The summed E-state index contributed by atoms with van der Waals surface area (Å²) < 4.78 is 0. The van der Waals surface area contributed by atoms with Crippen LogP contribution >= 0.6 is 0 Å². The van der Waals surface area contributed by atoms with E-state index in [0.717, 1.165) is 26.2 Å². The number of carboxylic acids is 1. The zero-order valence-corrected chi connectivity index (χ0v) is 12.6. The van der Waals surface area contributed by atoms with Crippen molar-refractivity contribution >= 4 is 12.0 Å². The molecule has 0 atom stereocenters. The summed E-state index contributed by atoms with van der Waals surface area (Å²) in [7, 11) is 2.06. The first-order valence-corrected chi connectivity index (χ1v) is 7.12. The third kappa shape index (κ3) is 5.75. The second-order valence-corrected chi connectivity index (χ2v) is 5.49. The number of hydrogen-bond donors (Lipinski definition) is 2. The van der Waals surface area contributed by atoms with Gasteiger partial charge in [-0.05, 0) is 27.3 Å². The highest BCUT2D eigenvalue weighted by Gasteiger charge is 2.21. The summed E-state index contributed by atoms with van der Waals surface area (Å²) >= 11 is 0. The highest BCUT2D eigenvalue weighted by atomic mass is 16.4. The van der Waals surface area contributed by atoms with Crippen molar-refractivity contribution in [2.24, 2.45) is 0 Å². The van der Waals surface area contributed by atoms with Gasteiger partial charge in [0, 0.05) is 45.2 Å². The summed E-state index contributed by atoms with van der Waals surface area (Å²) in [6.45, 7) is 7.81. The van der Waals surface area contributed by atoms with Crippen LogP contribution in [0.25, 0.3) is 0 Å². The van der Waals surface area contributed by atoms with Gasteiger partial charge in [-0.3, -0.25) is 10.2 Å². The lowest BCUT2D eigenvalue weighted by atomic mass is 10.2. The minimum atomic E-state index is -0.826. The summed E-state index contributed by atoms with van der Waals surface area (Å²) in [5, 5.41) is 10.6. The third-order valence-corrected chi connectivity index (χ3v) is 3.43. The van der Waals surface area contributed by atoms with E-state index in [-0.39, 0.29) is 18.5 Å². The number of nitrogens with zero attached hydrogens (tertiary/aromatic N) is 3. The van der Waals surface area contributed by atoms with Crippen molar-refractivity contribution in [2.75, 3.05) is 39.8 Å². The molecule has 1 saturated heterocycles. The number of hydrazine groups is 1.